The predicted octanol–water partition coefficient (Wildman–Crippen LogP) is 1.87. The zero-order valence-electron chi connectivity index (χ0n) is 10.4. The number of aryl methyl sites for hydroxylation is 1. The molecule has 0 radical (unpaired) electrons. The number of rotatable bonds is 3. The highest BCUT2D eigenvalue weighted by Gasteiger charge is 2.23. The van der Waals surface area contributed by atoms with Crippen LogP contribution in [0.15, 0.2) is 4.52 Å². The lowest BCUT2D eigenvalue weighted by Gasteiger charge is -2.21. The summed E-state index contributed by atoms with van der Waals surface area (Å²) >= 11 is 4.12. The number of hydrogen-bond acceptors (Lipinski definition) is 6. The molecule has 0 saturated carbocycles. The van der Waals surface area contributed by atoms with Crippen LogP contribution in [0.3, 0.4) is 0 Å². The smallest absolute Gasteiger partial charge is 0.408 e. The van der Waals surface area contributed by atoms with Gasteiger partial charge in [-0.1, -0.05) is 5.16 Å². The van der Waals surface area contributed by atoms with Crippen LogP contribution in [0.5, 0.6) is 0 Å². The van der Waals surface area contributed by atoms with Crippen molar-refractivity contribution >= 4 is 18.7 Å². The molecule has 0 aliphatic heterocycles. The van der Waals surface area contributed by atoms with E-state index in [1.54, 1.807) is 27.7 Å². The fraction of sp³-hybridized carbons (Fsp3) is 0.700. The Balaban J connectivity index is 2.62. The quantitative estimate of drug-likeness (QED) is 0.810. The third kappa shape index (κ3) is 4.64. The number of thiol groups is 1. The average Bonchev–Trinajstić information content (AvgIpc) is 2.58. The monoisotopic (exact) mass is 259 g/mol. The van der Waals surface area contributed by atoms with Gasteiger partial charge in [0.2, 0.25) is 5.89 Å². The molecule has 1 rings (SSSR count). The maximum atomic E-state index is 11.6. The molecule has 0 aliphatic rings. The van der Waals surface area contributed by atoms with Gasteiger partial charge in [-0.2, -0.15) is 17.6 Å². The van der Waals surface area contributed by atoms with Gasteiger partial charge in [-0.3, -0.25) is 0 Å². The van der Waals surface area contributed by atoms with E-state index in [-0.39, 0.29) is 0 Å². The van der Waals surface area contributed by atoms with E-state index in [2.05, 4.69) is 28.1 Å². The second-order valence-corrected chi connectivity index (χ2v) is 4.93. The van der Waals surface area contributed by atoms with Crippen LogP contribution < -0.4 is 5.32 Å². The fourth-order valence-corrected chi connectivity index (χ4v) is 1.34. The van der Waals surface area contributed by atoms with Crippen molar-refractivity contribution in [3.8, 4) is 0 Å². The minimum Gasteiger partial charge on any atom is -0.444 e. The Morgan fingerprint density at radius 2 is 2.24 bits per heavy atom. The van der Waals surface area contributed by atoms with Gasteiger partial charge >= 0.3 is 6.09 Å². The Labute approximate surface area is 106 Å². The molecular weight excluding hydrogens is 242 g/mol. The normalized spacial score (nSPS) is 13.2. The van der Waals surface area contributed by atoms with Crippen molar-refractivity contribution in [2.75, 3.05) is 5.75 Å². The predicted molar refractivity (Wildman–Crippen MR) is 65.0 cm³/mol. The Bertz CT molecular complexity index is 386. The standard InChI is InChI=1S/C10H17N3O3S/c1-6-11-8(16-13-6)7(5-17)12-9(14)15-10(2,3)4/h7,17H,5H2,1-4H3,(H,12,14). The minimum atomic E-state index is -0.546. The molecule has 6 nitrogen and oxygen atoms in total. The molecule has 1 heterocycles. The summed E-state index contributed by atoms with van der Waals surface area (Å²) in [6.45, 7) is 7.08. The van der Waals surface area contributed by atoms with Gasteiger partial charge in [-0.15, -0.1) is 0 Å². The lowest BCUT2D eigenvalue weighted by molar-refractivity contribution is 0.0500. The van der Waals surface area contributed by atoms with Crippen molar-refractivity contribution in [2.45, 2.75) is 39.3 Å². The Hall–Kier alpha value is -1.24. The van der Waals surface area contributed by atoms with E-state index >= 15 is 0 Å². The molecule has 0 aliphatic carbocycles. The molecule has 0 bridgehead atoms. The van der Waals surface area contributed by atoms with E-state index in [1.807, 2.05) is 0 Å². The van der Waals surface area contributed by atoms with Crippen LogP contribution in [0, 0.1) is 6.92 Å². The molecule has 1 aromatic rings. The summed E-state index contributed by atoms with van der Waals surface area (Å²) in [6, 6.07) is -0.450. The van der Waals surface area contributed by atoms with Gasteiger partial charge in [-0.25, -0.2) is 4.79 Å². The minimum absolute atomic E-state index is 0.323. The molecule has 0 aromatic carbocycles. The van der Waals surface area contributed by atoms with Crippen molar-refractivity contribution in [3.05, 3.63) is 11.7 Å². The maximum absolute atomic E-state index is 11.6. The van der Waals surface area contributed by atoms with E-state index in [4.69, 9.17) is 9.26 Å². The van der Waals surface area contributed by atoms with E-state index < -0.39 is 17.7 Å². The number of amides is 1. The molecule has 1 N–H and O–H groups in total. The first-order valence-corrected chi connectivity index (χ1v) is 5.85. The van der Waals surface area contributed by atoms with Gasteiger partial charge in [0.25, 0.3) is 0 Å². The second kappa shape index (κ2) is 5.39. The highest BCUT2D eigenvalue weighted by Crippen LogP contribution is 2.14. The van der Waals surface area contributed by atoms with Crippen LogP contribution in [0.2, 0.25) is 0 Å². The number of aromatic nitrogens is 2. The van der Waals surface area contributed by atoms with Crippen molar-refractivity contribution in [2.24, 2.45) is 0 Å². The molecule has 0 saturated heterocycles. The topological polar surface area (TPSA) is 77.2 Å². The highest BCUT2D eigenvalue weighted by atomic mass is 32.1. The number of hydrogen-bond donors (Lipinski definition) is 2. The molecule has 1 aromatic heterocycles. The first-order chi connectivity index (χ1) is 7.81. The number of ether oxygens (including phenoxy) is 1. The Morgan fingerprint density at radius 1 is 1.59 bits per heavy atom. The lowest BCUT2D eigenvalue weighted by Crippen LogP contribution is -2.35. The SMILES string of the molecule is Cc1noc(C(CS)NC(=O)OC(C)(C)C)n1. The molecule has 17 heavy (non-hydrogen) atoms. The summed E-state index contributed by atoms with van der Waals surface area (Å²) in [5.74, 6) is 1.18. The zero-order valence-corrected chi connectivity index (χ0v) is 11.2. The number of nitrogens with zero attached hydrogens (tertiary/aromatic N) is 2. The summed E-state index contributed by atoms with van der Waals surface area (Å²) in [4.78, 5) is 15.6. The van der Waals surface area contributed by atoms with Gasteiger partial charge in [0.05, 0.1) is 0 Å². The van der Waals surface area contributed by atoms with Gasteiger partial charge in [0.1, 0.15) is 11.6 Å². The van der Waals surface area contributed by atoms with Crippen LogP contribution in [0.4, 0.5) is 4.79 Å². The van der Waals surface area contributed by atoms with E-state index in [0.717, 1.165) is 0 Å². The summed E-state index contributed by atoms with van der Waals surface area (Å²) in [6.07, 6.45) is -0.535. The highest BCUT2D eigenvalue weighted by molar-refractivity contribution is 7.80. The first-order valence-electron chi connectivity index (χ1n) is 5.22. The number of nitrogens with one attached hydrogen (secondary N) is 1. The number of alkyl carbamates (subject to hydrolysis) is 1. The average molecular weight is 259 g/mol. The fourth-order valence-electron chi connectivity index (χ4n) is 1.09. The van der Waals surface area contributed by atoms with Crippen LogP contribution in [0.1, 0.15) is 38.5 Å². The van der Waals surface area contributed by atoms with Crippen LogP contribution in [-0.4, -0.2) is 27.6 Å². The van der Waals surface area contributed by atoms with Gasteiger partial charge in [0, 0.05) is 5.75 Å². The second-order valence-electron chi connectivity index (χ2n) is 4.56. The molecule has 0 fully saturated rings. The molecule has 1 atom stereocenters. The van der Waals surface area contributed by atoms with E-state index in [9.17, 15) is 4.79 Å². The Kier molecular flexibility index (Phi) is 4.39. The summed E-state index contributed by atoms with van der Waals surface area (Å²) in [7, 11) is 0. The van der Waals surface area contributed by atoms with Crippen molar-refractivity contribution in [3.63, 3.8) is 0 Å². The van der Waals surface area contributed by atoms with Gasteiger partial charge in [0.15, 0.2) is 5.82 Å². The maximum Gasteiger partial charge on any atom is 0.408 e. The summed E-state index contributed by atoms with van der Waals surface area (Å²) < 4.78 is 10.1. The molecule has 96 valence electrons. The molecule has 1 amide bonds. The molecule has 7 heteroatoms. The molecule has 1 unspecified atom stereocenters. The van der Waals surface area contributed by atoms with Crippen LogP contribution in [-0.2, 0) is 4.74 Å². The molecule has 0 spiro atoms. The summed E-state index contributed by atoms with van der Waals surface area (Å²) in [5, 5.41) is 6.27. The Morgan fingerprint density at radius 3 is 2.65 bits per heavy atom. The van der Waals surface area contributed by atoms with Crippen molar-refractivity contribution in [1.29, 1.82) is 0 Å². The third-order valence-electron chi connectivity index (χ3n) is 1.71. The lowest BCUT2D eigenvalue weighted by atomic mass is 10.2. The van der Waals surface area contributed by atoms with Gasteiger partial charge in [-0.05, 0) is 27.7 Å². The number of carbonyl (C=O) groups excluding carboxylic acids is 1. The third-order valence-corrected chi connectivity index (χ3v) is 2.08. The zero-order chi connectivity index (χ0) is 13.1. The largest absolute Gasteiger partial charge is 0.444 e. The summed E-state index contributed by atoms with van der Waals surface area (Å²) in [5.41, 5.74) is -0.546. The van der Waals surface area contributed by atoms with Crippen LogP contribution >= 0.6 is 12.6 Å². The van der Waals surface area contributed by atoms with Gasteiger partial charge < -0.3 is 14.6 Å². The van der Waals surface area contributed by atoms with Crippen molar-refractivity contribution in [1.82, 2.24) is 15.5 Å². The first kappa shape index (κ1) is 13.8. The van der Waals surface area contributed by atoms with E-state index in [1.165, 1.54) is 0 Å². The van der Waals surface area contributed by atoms with E-state index in [0.29, 0.717) is 17.5 Å². The van der Waals surface area contributed by atoms with Crippen LogP contribution in [0.25, 0.3) is 0 Å². The molecular formula is C10H17N3O3S. The van der Waals surface area contributed by atoms with Crippen molar-refractivity contribution < 1.29 is 14.1 Å². The number of carbonyl (C=O) groups is 1.